The number of hydrogen-bond acceptors (Lipinski definition) is 12. The fourth-order valence-corrected chi connectivity index (χ4v) is 4.87. The highest BCUT2D eigenvalue weighted by Crippen LogP contribution is 2.44. The topological polar surface area (TPSA) is 190 Å². The number of alkyl halides is 1. The lowest BCUT2D eigenvalue weighted by atomic mass is 9.98. The number of methoxy groups -OCH3 is 1. The molecule has 0 saturated carbocycles. The van der Waals surface area contributed by atoms with E-state index in [0.717, 1.165) is 11.8 Å². The average molecular weight is 539 g/mol. The van der Waals surface area contributed by atoms with Crippen molar-refractivity contribution < 1.29 is 37.7 Å². The van der Waals surface area contributed by atoms with Gasteiger partial charge in [-0.3, -0.25) is 13.9 Å². The molecule has 16 heteroatoms. The number of para-hydroxylation sites is 1. The number of aliphatic hydroxyl groups is 1. The number of nitrogens with two attached hydrogens (primary N) is 2. The first-order chi connectivity index (χ1) is 17.5. The van der Waals surface area contributed by atoms with Crippen molar-refractivity contribution in [3.05, 3.63) is 36.7 Å². The number of nitrogen functional groups attached to an aromatic ring is 2. The van der Waals surface area contributed by atoms with Crippen molar-refractivity contribution in [2.24, 2.45) is 0 Å². The molecule has 14 nitrogen and oxygen atoms in total. The van der Waals surface area contributed by atoms with Crippen LogP contribution in [0.25, 0.3) is 11.2 Å². The van der Waals surface area contributed by atoms with E-state index in [1.165, 1.54) is 24.9 Å². The van der Waals surface area contributed by atoms with Crippen LogP contribution in [-0.2, 0) is 23.4 Å². The highest BCUT2D eigenvalue weighted by Gasteiger charge is 2.55. The smallest absolute Gasteiger partial charge is 0.326 e. The lowest BCUT2D eigenvalue weighted by Crippen LogP contribution is -2.41. The molecule has 1 saturated heterocycles. The summed E-state index contributed by atoms with van der Waals surface area (Å²) in [5, 5.41) is 10.7. The van der Waals surface area contributed by atoms with Crippen LogP contribution in [0.3, 0.4) is 0 Å². The van der Waals surface area contributed by atoms with Crippen molar-refractivity contribution in [1.82, 2.24) is 24.4 Å². The van der Waals surface area contributed by atoms with Crippen LogP contribution in [0.4, 0.5) is 16.2 Å². The van der Waals surface area contributed by atoms with E-state index in [4.69, 9.17) is 30.3 Å². The van der Waals surface area contributed by atoms with E-state index in [-0.39, 0.29) is 22.9 Å². The maximum absolute atomic E-state index is 15.7. The van der Waals surface area contributed by atoms with Gasteiger partial charge in [-0.2, -0.15) is 9.97 Å². The molecule has 0 bridgehead atoms. The van der Waals surface area contributed by atoms with Crippen LogP contribution in [-0.4, -0.2) is 73.1 Å². The summed E-state index contributed by atoms with van der Waals surface area (Å²) in [6.45, 7) is 2.05. The molecule has 1 aliphatic rings. The Bertz CT molecular complexity index is 1290. The summed E-state index contributed by atoms with van der Waals surface area (Å²) < 4.78 is 45.9. The minimum atomic E-state index is -3.27. The van der Waals surface area contributed by atoms with Gasteiger partial charge < -0.3 is 35.4 Å². The minimum absolute atomic E-state index is 0.00271. The van der Waals surface area contributed by atoms with E-state index in [2.05, 4.69) is 15.0 Å². The number of esters is 1. The van der Waals surface area contributed by atoms with Crippen LogP contribution in [0.1, 0.15) is 20.1 Å². The molecular weight excluding hydrogens is 512 g/mol. The van der Waals surface area contributed by atoms with Gasteiger partial charge in [-0.1, -0.05) is 23.0 Å². The lowest BCUT2D eigenvalue weighted by molar-refractivity contribution is -0.152. The third-order valence-electron chi connectivity index (χ3n) is 5.83. The van der Waals surface area contributed by atoms with Crippen LogP contribution in [0.2, 0.25) is 0 Å². The van der Waals surface area contributed by atoms with Crippen LogP contribution in [0, 0.1) is 0 Å². The van der Waals surface area contributed by atoms with Gasteiger partial charge in [0, 0.05) is 0 Å². The van der Waals surface area contributed by atoms with E-state index >= 15 is 4.39 Å². The summed E-state index contributed by atoms with van der Waals surface area (Å²) in [5.41, 5.74) is 9.43. The Morgan fingerprint density at radius 2 is 2.05 bits per heavy atom. The van der Waals surface area contributed by atoms with E-state index in [1.54, 1.807) is 30.3 Å². The van der Waals surface area contributed by atoms with Crippen molar-refractivity contribution >= 4 is 37.1 Å². The van der Waals surface area contributed by atoms with Crippen molar-refractivity contribution in [2.45, 2.75) is 44.0 Å². The number of imidazole rings is 1. The van der Waals surface area contributed by atoms with Gasteiger partial charge in [0.2, 0.25) is 5.95 Å². The molecule has 1 aromatic carbocycles. The Labute approximate surface area is 211 Å². The standard InChI is InChI=1S/C21H27FN7O7P/c1-11(18(31)33-3)29(36-12-7-5-4-6-8-12)37(32)34-9-13-15(30)21(2,22)19(35-13)28-10-25-14-16(23)26-20(24)27-17(14)28/h4-8,10-11,13,15,19,30,37H,9H2,1-3H3,(H4,23,24,26,27)/t11?,13-,15-,19-,21-/m1/s1. The Morgan fingerprint density at radius 1 is 1.35 bits per heavy atom. The molecule has 1 fully saturated rings. The second-order valence-corrected chi connectivity index (χ2v) is 9.68. The maximum Gasteiger partial charge on any atom is 0.326 e. The van der Waals surface area contributed by atoms with Crippen molar-refractivity contribution in [1.29, 1.82) is 0 Å². The number of aliphatic hydroxyl groups excluding tert-OH is 1. The number of rotatable bonds is 9. The number of halogens is 1. The summed E-state index contributed by atoms with van der Waals surface area (Å²) >= 11 is 0. The average Bonchev–Trinajstić information content (AvgIpc) is 3.38. The highest BCUT2D eigenvalue weighted by atomic mass is 31.1. The number of aromatic nitrogens is 4. The predicted molar refractivity (Wildman–Crippen MR) is 129 cm³/mol. The van der Waals surface area contributed by atoms with Gasteiger partial charge in [-0.25, -0.2) is 9.37 Å². The second-order valence-electron chi connectivity index (χ2n) is 8.42. The van der Waals surface area contributed by atoms with Crippen LogP contribution < -0.4 is 16.3 Å². The van der Waals surface area contributed by atoms with Crippen molar-refractivity contribution in [3.63, 3.8) is 0 Å². The summed E-state index contributed by atoms with van der Waals surface area (Å²) in [5.74, 6) is -0.583. The number of ether oxygens (including phenoxy) is 2. The molecule has 2 aromatic heterocycles. The number of nitrogens with zero attached hydrogens (tertiary/aromatic N) is 5. The molecule has 3 heterocycles. The zero-order chi connectivity index (χ0) is 26.9. The number of fused-ring (bicyclic) bond motifs is 1. The van der Waals surface area contributed by atoms with E-state index in [9.17, 15) is 14.5 Å². The molecule has 1 unspecified atom stereocenters. The molecule has 4 rings (SSSR count). The first-order valence-corrected chi connectivity index (χ1v) is 12.4. The van der Waals surface area contributed by atoms with Gasteiger partial charge in [0.25, 0.3) is 8.18 Å². The third kappa shape index (κ3) is 5.22. The zero-order valence-corrected chi connectivity index (χ0v) is 21.1. The monoisotopic (exact) mass is 539 g/mol. The van der Waals surface area contributed by atoms with Gasteiger partial charge >= 0.3 is 5.97 Å². The second kappa shape index (κ2) is 10.6. The maximum atomic E-state index is 15.7. The molecule has 200 valence electrons. The Kier molecular flexibility index (Phi) is 7.62. The quantitative estimate of drug-likeness (QED) is 0.200. The molecular formula is C21H27FN7O7P. The summed E-state index contributed by atoms with van der Waals surface area (Å²) in [6, 6.07) is 7.19. The van der Waals surface area contributed by atoms with E-state index < -0.39 is 50.9 Å². The zero-order valence-electron chi connectivity index (χ0n) is 20.1. The third-order valence-corrected chi connectivity index (χ3v) is 7.08. The molecule has 0 spiro atoms. The first-order valence-electron chi connectivity index (χ1n) is 11.1. The van der Waals surface area contributed by atoms with Crippen LogP contribution in [0.5, 0.6) is 5.75 Å². The lowest BCUT2D eigenvalue weighted by Gasteiger charge is -2.26. The van der Waals surface area contributed by atoms with Crippen LogP contribution in [0.15, 0.2) is 36.7 Å². The molecule has 1 aliphatic heterocycles. The minimum Gasteiger partial charge on any atom is -0.468 e. The largest absolute Gasteiger partial charge is 0.468 e. The number of hydroxylamine groups is 1. The normalized spacial score (nSPS) is 25.3. The van der Waals surface area contributed by atoms with Gasteiger partial charge in [0.15, 0.2) is 23.4 Å². The predicted octanol–water partition coefficient (Wildman–Crippen LogP) is 1.24. The SMILES string of the molecule is COC(=O)C(C)N(Oc1ccccc1)[P@H](=O)OC[C@H]1O[C@@H](n2cnc3c(N)nc(N)nc32)[C@](C)(F)[C@@H]1O. The number of carbonyl (C=O) groups excluding carboxylic acids is 1. The fraction of sp³-hybridized carbons (Fsp3) is 0.429. The molecule has 37 heavy (non-hydrogen) atoms. The number of anilines is 2. The Morgan fingerprint density at radius 3 is 2.73 bits per heavy atom. The summed E-state index contributed by atoms with van der Waals surface area (Å²) in [6.07, 6.45) is -3.11. The fourth-order valence-electron chi connectivity index (χ4n) is 3.83. The van der Waals surface area contributed by atoms with Gasteiger partial charge in [0.05, 0.1) is 20.0 Å². The van der Waals surface area contributed by atoms with Gasteiger partial charge in [0.1, 0.15) is 29.5 Å². The molecule has 3 aromatic rings. The van der Waals surface area contributed by atoms with E-state index in [0.29, 0.717) is 5.75 Å². The van der Waals surface area contributed by atoms with Crippen LogP contribution >= 0.6 is 8.18 Å². The number of hydrogen-bond donors (Lipinski definition) is 3. The summed E-state index contributed by atoms with van der Waals surface area (Å²) in [7, 11) is -2.09. The molecule has 0 amide bonds. The first kappa shape index (κ1) is 26.7. The Hall–Kier alpha value is -3.36. The molecule has 0 radical (unpaired) electrons. The molecule has 0 aliphatic carbocycles. The molecule has 6 atom stereocenters. The Balaban J connectivity index is 1.51. The van der Waals surface area contributed by atoms with E-state index in [1.807, 2.05) is 0 Å². The van der Waals surface area contributed by atoms with Gasteiger partial charge in [-0.05, 0) is 26.0 Å². The molecule has 5 N–H and O–H groups in total. The number of benzene rings is 1. The van der Waals surface area contributed by atoms with Crippen molar-refractivity contribution in [2.75, 3.05) is 25.2 Å². The number of carbonyl (C=O) groups is 1. The highest BCUT2D eigenvalue weighted by molar-refractivity contribution is 7.36. The van der Waals surface area contributed by atoms with Gasteiger partial charge in [-0.15, -0.1) is 0 Å². The van der Waals surface area contributed by atoms with Crippen molar-refractivity contribution in [3.8, 4) is 5.75 Å². The summed E-state index contributed by atoms with van der Waals surface area (Å²) in [4.78, 5) is 30.5.